The van der Waals surface area contributed by atoms with Gasteiger partial charge in [0.15, 0.2) is 0 Å². The molecule has 1 aliphatic carbocycles. The van der Waals surface area contributed by atoms with E-state index in [1.54, 1.807) is 0 Å². The molecule has 0 radical (unpaired) electrons. The molecule has 21 heavy (non-hydrogen) atoms. The van der Waals surface area contributed by atoms with E-state index in [0.29, 0.717) is 6.61 Å². The minimum absolute atomic E-state index is 0.379. The van der Waals surface area contributed by atoms with Crippen LogP contribution in [-0.2, 0) is 19.4 Å². The number of fused-ring (bicyclic) bond motifs is 1. The third-order valence-electron chi connectivity index (χ3n) is 4.22. The first kappa shape index (κ1) is 14.2. The Bertz CT molecular complexity index is 601. The molecule has 0 spiro atoms. The van der Waals surface area contributed by atoms with E-state index in [4.69, 9.17) is 4.74 Å². The Morgan fingerprint density at radius 1 is 1.05 bits per heavy atom. The van der Waals surface area contributed by atoms with Crippen molar-refractivity contribution in [3.8, 4) is 5.75 Å². The van der Waals surface area contributed by atoms with Crippen molar-refractivity contribution in [2.75, 3.05) is 0 Å². The summed E-state index contributed by atoms with van der Waals surface area (Å²) in [4.78, 5) is 0. The molecule has 0 aromatic heterocycles. The van der Waals surface area contributed by atoms with Gasteiger partial charge in [-0.05, 0) is 60.1 Å². The van der Waals surface area contributed by atoms with Gasteiger partial charge in [0.05, 0.1) is 6.10 Å². The summed E-state index contributed by atoms with van der Waals surface area (Å²) in [6, 6.07) is 14.4. The molecule has 110 valence electrons. The van der Waals surface area contributed by atoms with Crippen molar-refractivity contribution in [1.29, 1.82) is 0 Å². The van der Waals surface area contributed by atoms with Gasteiger partial charge in [-0.25, -0.2) is 0 Å². The molecule has 0 unspecified atom stereocenters. The molecule has 2 heteroatoms. The smallest absolute Gasteiger partial charge is 0.119 e. The highest BCUT2D eigenvalue weighted by molar-refractivity contribution is 5.35. The van der Waals surface area contributed by atoms with E-state index >= 15 is 0 Å². The normalized spacial score (nSPS) is 14.8. The summed E-state index contributed by atoms with van der Waals surface area (Å²) in [7, 11) is 0. The van der Waals surface area contributed by atoms with Crippen LogP contribution in [0.4, 0.5) is 0 Å². The van der Waals surface area contributed by atoms with E-state index < -0.39 is 0 Å². The van der Waals surface area contributed by atoms with E-state index in [-0.39, 0.29) is 6.10 Å². The highest BCUT2D eigenvalue weighted by Crippen LogP contribution is 2.24. The van der Waals surface area contributed by atoms with Crippen LogP contribution in [-0.4, -0.2) is 5.11 Å². The average Bonchev–Trinajstić information content (AvgIpc) is 3.00. The molecule has 1 aliphatic rings. The van der Waals surface area contributed by atoms with Gasteiger partial charge in [0.1, 0.15) is 12.4 Å². The number of aliphatic hydroxyl groups is 1. The summed E-state index contributed by atoms with van der Waals surface area (Å²) in [5, 5.41) is 9.78. The first-order valence-corrected chi connectivity index (χ1v) is 7.78. The van der Waals surface area contributed by atoms with Crippen LogP contribution in [0.5, 0.6) is 5.75 Å². The zero-order valence-corrected chi connectivity index (χ0v) is 12.5. The third-order valence-corrected chi connectivity index (χ3v) is 4.22. The van der Waals surface area contributed by atoms with Crippen molar-refractivity contribution in [3.63, 3.8) is 0 Å². The molecular weight excluding hydrogens is 260 g/mol. The fourth-order valence-electron chi connectivity index (χ4n) is 2.90. The van der Waals surface area contributed by atoms with Crippen molar-refractivity contribution >= 4 is 0 Å². The maximum Gasteiger partial charge on any atom is 0.119 e. The Labute approximate surface area is 126 Å². The Balaban J connectivity index is 1.62. The molecule has 0 saturated heterocycles. The number of aryl methyl sites for hydroxylation is 2. The lowest BCUT2D eigenvalue weighted by Gasteiger charge is -2.11. The SMILES string of the molecule is CC[C@H](O)c1ccc(OCc2ccc3c(c2)CCC3)cc1. The Morgan fingerprint density at radius 3 is 2.57 bits per heavy atom. The highest BCUT2D eigenvalue weighted by atomic mass is 16.5. The van der Waals surface area contributed by atoms with E-state index in [1.807, 2.05) is 31.2 Å². The van der Waals surface area contributed by atoms with Crippen molar-refractivity contribution in [2.24, 2.45) is 0 Å². The lowest BCUT2D eigenvalue weighted by molar-refractivity contribution is 0.173. The molecule has 0 saturated carbocycles. The van der Waals surface area contributed by atoms with E-state index in [0.717, 1.165) is 17.7 Å². The fourth-order valence-corrected chi connectivity index (χ4v) is 2.90. The predicted octanol–water partition coefficient (Wildman–Crippen LogP) is 4.20. The average molecular weight is 282 g/mol. The molecule has 2 nitrogen and oxygen atoms in total. The molecule has 3 rings (SSSR count). The highest BCUT2D eigenvalue weighted by Gasteiger charge is 2.11. The Kier molecular flexibility index (Phi) is 4.26. The summed E-state index contributed by atoms with van der Waals surface area (Å²) < 4.78 is 5.84. The van der Waals surface area contributed by atoms with Gasteiger partial charge in [0.2, 0.25) is 0 Å². The van der Waals surface area contributed by atoms with Crippen LogP contribution < -0.4 is 4.74 Å². The van der Waals surface area contributed by atoms with Gasteiger partial charge < -0.3 is 9.84 Å². The zero-order valence-electron chi connectivity index (χ0n) is 12.5. The first-order chi connectivity index (χ1) is 10.3. The molecule has 0 heterocycles. The van der Waals surface area contributed by atoms with Crippen molar-refractivity contribution in [2.45, 2.75) is 45.3 Å². The topological polar surface area (TPSA) is 29.5 Å². The van der Waals surface area contributed by atoms with Crippen LogP contribution in [0.1, 0.15) is 48.1 Å². The van der Waals surface area contributed by atoms with Crippen LogP contribution in [0.15, 0.2) is 42.5 Å². The van der Waals surface area contributed by atoms with Gasteiger partial charge >= 0.3 is 0 Å². The van der Waals surface area contributed by atoms with Crippen molar-refractivity contribution < 1.29 is 9.84 Å². The lowest BCUT2D eigenvalue weighted by atomic mass is 10.1. The van der Waals surface area contributed by atoms with Crippen molar-refractivity contribution in [3.05, 3.63) is 64.7 Å². The second-order valence-electron chi connectivity index (χ2n) is 5.74. The third kappa shape index (κ3) is 3.27. The maximum absolute atomic E-state index is 9.78. The summed E-state index contributed by atoms with van der Waals surface area (Å²) in [6.07, 6.45) is 4.05. The second-order valence-corrected chi connectivity index (χ2v) is 5.74. The van der Waals surface area contributed by atoms with Crippen molar-refractivity contribution in [1.82, 2.24) is 0 Å². The zero-order chi connectivity index (χ0) is 14.7. The van der Waals surface area contributed by atoms with Crippen LogP contribution in [0.3, 0.4) is 0 Å². The van der Waals surface area contributed by atoms with Crippen LogP contribution in [0.25, 0.3) is 0 Å². The number of rotatable bonds is 5. The van der Waals surface area contributed by atoms with Crippen LogP contribution in [0, 0.1) is 0 Å². The van der Waals surface area contributed by atoms with E-state index in [2.05, 4.69) is 18.2 Å². The largest absolute Gasteiger partial charge is 0.489 e. The monoisotopic (exact) mass is 282 g/mol. The van der Waals surface area contributed by atoms with E-state index in [1.165, 1.54) is 36.0 Å². The molecular formula is C19H22O2. The van der Waals surface area contributed by atoms with Gasteiger partial charge in [0.25, 0.3) is 0 Å². The number of hydrogen-bond donors (Lipinski definition) is 1. The Morgan fingerprint density at radius 2 is 1.81 bits per heavy atom. The number of benzene rings is 2. The molecule has 2 aromatic rings. The Hall–Kier alpha value is -1.80. The summed E-state index contributed by atoms with van der Waals surface area (Å²) in [6.45, 7) is 2.58. The molecule has 2 aromatic carbocycles. The minimum Gasteiger partial charge on any atom is -0.489 e. The first-order valence-electron chi connectivity index (χ1n) is 7.78. The molecule has 0 bridgehead atoms. The maximum atomic E-state index is 9.78. The number of hydrogen-bond acceptors (Lipinski definition) is 2. The van der Waals surface area contributed by atoms with Crippen LogP contribution >= 0.6 is 0 Å². The molecule has 0 aliphatic heterocycles. The minimum atomic E-state index is -0.379. The number of aliphatic hydroxyl groups excluding tert-OH is 1. The summed E-state index contributed by atoms with van der Waals surface area (Å²) >= 11 is 0. The summed E-state index contributed by atoms with van der Waals surface area (Å²) in [5.74, 6) is 0.850. The standard InChI is InChI=1S/C19H22O2/c1-2-19(20)16-8-10-18(11-9-16)21-13-14-6-7-15-4-3-5-17(15)12-14/h6-12,19-20H,2-5,13H2,1H3/t19-/m0/s1. The van der Waals surface area contributed by atoms with E-state index in [9.17, 15) is 5.11 Å². The number of ether oxygens (including phenoxy) is 1. The molecule has 0 amide bonds. The quantitative estimate of drug-likeness (QED) is 0.890. The van der Waals surface area contributed by atoms with Gasteiger partial charge in [-0.15, -0.1) is 0 Å². The van der Waals surface area contributed by atoms with Gasteiger partial charge in [-0.2, -0.15) is 0 Å². The fraction of sp³-hybridized carbons (Fsp3) is 0.368. The second kappa shape index (κ2) is 6.31. The lowest BCUT2D eigenvalue weighted by Crippen LogP contribution is -1.98. The van der Waals surface area contributed by atoms with Gasteiger partial charge in [0, 0.05) is 0 Å². The van der Waals surface area contributed by atoms with Gasteiger partial charge in [-0.3, -0.25) is 0 Å². The molecule has 1 atom stereocenters. The molecule has 0 fully saturated rings. The summed E-state index contributed by atoms with van der Waals surface area (Å²) in [5.41, 5.74) is 5.16. The van der Waals surface area contributed by atoms with Crippen LogP contribution in [0.2, 0.25) is 0 Å². The molecule has 1 N–H and O–H groups in total. The van der Waals surface area contributed by atoms with Gasteiger partial charge in [-0.1, -0.05) is 37.3 Å². The predicted molar refractivity (Wildman–Crippen MR) is 84.5 cm³/mol.